The van der Waals surface area contributed by atoms with Crippen LogP contribution in [0.25, 0.3) is 16.9 Å². The third kappa shape index (κ3) is 5.62. The van der Waals surface area contributed by atoms with E-state index in [4.69, 9.17) is 9.97 Å². The fraction of sp³-hybridized carbons (Fsp3) is 0.167. The van der Waals surface area contributed by atoms with Crippen LogP contribution in [0.4, 0.5) is 17.3 Å². The van der Waals surface area contributed by atoms with Crippen LogP contribution in [0.3, 0.4) is 0 Å². The van der Waals surface area contributed by atoms with Gasteiger partial charge < -0.3 is 14.0 Å². The molecule has 0 N–H and O–H groups in total. The molecular weight excluding hydrogens is 730 g/mol. The maximum Gasteiger partial charge on any atom is 2.00 e. The Morgan fingerprint density at radius 1 is 0.791 bits per heavy atom. The SMILES string of the molecule is CCc1cccc(CC)c1-n1cc2nc1Sc1[c-]c(ccc1)N(c1ccccc1)c1nc(cn1C)Cc1[c-]c-2ccc1.[Pt+2]. The van der Waals surface area contributed by atoms with Crippen molar-refractivity contribution in [3.8, 4) is 16.9 Å². The van der Waals surface area contributed by atoms with Crippen molar-refractivity contribution in [2.75, 3.05) is 4.90 Å². The molecule has 0 atom stereocenters. The molecule has 216 valence electrons. The summed E-state index contributed by atoms with van der Waals surface area (Å²) in [4.78, 5) is 13.5. The van der Waals surface area contributed by atoms with E-state index in [1.165, 1.54) is 16.8 Å². The Bertz CT molecular complexity index is 1870. The van der Waals surface area contributed by atoms with E-state index in [0.717, 1.165) is 62.7 Å². The van der Waals surface area contributed by atoms with Crippen molar-refractivity contribution >= 4 is 29.1 Å². The number of rotatable bonds is 4. The summed E-state index contributed by atoms with van der Waals surface area (Å²) in [5.74, 6) is 0.841. The van der Waals surface area contributed by atoms with E-state index in [1.807, 2.05) is 6.07 Å². The molecule has 0 spiro atoms. The Kier molecular flexibility index (Phi) is 8.42. The van der Waals surface area contributed by atoms with Crippen molar-refractivity contribution in [3.63, 3.8) is 0 Å². The number of imidazole rings is 2. The van der Waals surface area contributed by atoms with Crippen molar-refractivity contribution in [1.82, 2.24) is 19.1 Å². The summed E-state index contributed by atoms with van der Waals surface area (Å²) in [6.45, 7) is 4.44. The van der Waals surface area contributed by atoms with Crippen LogP contribution in [-0.2, 0) is 47.4 Å². The first-order valence-corrected chi connectivity index (χ1v) is 15.2. The minimum Gasteiger partial charge on any atom is -0.320 e. The zero-order chi connectivity index (χ0) is 28.6. The second kappa shape index (κ2) is 12.4. The molecule has 0 unspecified atom stereocenters. The summed E-state index contributed by atoms with van der Waals surface area (Å²) in [7, 11) is 2.05. The number of hydrogen-bond acceptors (Lipinski definition) is 4. The quantitative estimate of drug-likeness (QED) is 0.169. The summed E-state index contributed by atoms with van der Waals surface area (Å²) in [6, 6.07) is 37.0. The predicted octanol–water partition coefficient (Wildman–Crippen LogP) is 8.52. The Balaban J connectivity index is 0.00000329. The van der Waals surface area contributed by atoms with Crippen molar-refractivity contribution in [2.24, 2.45) is 7.05 Å². The van der Waals surface area contributed by atoms with E-state index in [2.05, 4.69) is 138 Å². The van der Waals surface area contributed by atoms with Crippen molar-refractivity contribution < 1.29 is 21.1 Å². The molecule has 3 heterocycles. The van der Waals surface area contributed by atoms with Gasteiger partial charge in [0.15, 0.2) is 5.16 Å². The first-order chi connectivity index (χ1) is 20.6. The maximum atomic E-state index is 5.22. The zero-order valence-electron chi connectivity index (χ0n) is 24.3. The molecule has 5 nitrogen and oxygen atoms in total. The van der Waals surface area contributed by atoms with Crippen LogP contribution in [0.1, 0.15) is 36.2 Å². The molecule has 0 fully saturated rings. The second-order valence-electron chi connectivity index (χ2n) is 10.5. The van der Waals surface area contributed by atoms with E-state index in [9.17, 15) is 0 Å². The van der Waals surface area contributed by atoms with Crippen LogP contribution in [0.5, 0.6) is 0 Å². The number of fused-ring (bicyclic) bond motifs is 9. The van der Waals surface area contributed by atoms with Gasteiger partial charge in [0.2, 0.25) is 5.95 Å². The number of aryl methyl sites for hydroxylation is 3. The fourth-order valence-electron chi connectivity index (χ4n) is 5.69. The van der Waals surface area contributed by atoms with Crippen LogP contribution in [0.15, 0.2) is 107 Å². The van der Waals surface area contributed by atoms with E-state index >= 15 is 0 Å². The average Bonchev–Trinajstić information content (AvgIpc) is 3.60. The largest absolute Gasteiger partial charge is 2.00 e. The maximum absolute atomic E-state index is 5.22. The molecule has 1 aliphatic heterocycles. The number of anilines is 3. The van der Waals surface area contributed by atoms with Crippen LogP contribution in [0, 0.1) is 12.1 Å². The molecule has 2 aromatic heterocycles. The van der Waals surface area contributed by atoms with Gasteiger partial charge in [-0.15, -0.1) is 47.5 Å². The first kappa shape index (κ1) is 29.2. The minimum atomic E-state index is 0. The van der Waals surface area contributed by atoms with E-state index in [0.29, 0.717) is 6.42 Å². The average molecular weight is 761 g/mol. The third-order valence-corrected chi connectivity index (χ3v) is 8.62. The van der Waals surface area contributed by atoms with Crippen molar-refractivity contribution in [2.45, 2.75) is 43.2 Å². The molecule has 0 saturated carbocycles. The second-order valence-corrected chi connectivity index (χ2v) is 11.5. The Morgan fingerprint density at radius 2 is 1.53 bits per heavy atom. The van der Waals surface area contributed by atoms with Crippen LogP contribution in [-0.4, -0.2) is 19.1 Å². The first-order valence-electron chi connectivity index (χ1n) is 14.4. The van der Waals surface area contributed by atoms with Gasteiger partial charge in [-0.2, -0.15) is 12.1 Å². The normalized spacial score (nSPS) is 12.3. The monoisotopic (exact) mass is 760 g/mol. The standard InChI is InChI=1S/C36H31N5S.Pt/c1-4-26-13-10-14-27(5-2)34(26)40-24-33-28-15-9-12-25(20-28)21-29-23-39(3)35(37-29)41(30-16-7-6-8-17-30)31-18-11-19-32(22-31)42-36(40)38-33;/h6-19,23-24H,4-5,21H2,1-3H3;/q-2;+2. The molecule has 4 aromatic carbocycles. The fourth-order valence-corrected chi connectivity index (χ4v) is 6.57. The summed E-state index contributed by atoms with van der Waals surface area (Å²) < 4.78 is 4.38. The molecular formula is C36H31N5PtS. The van der Waals surface area contributed by atoms with E-state index in [-0.39, 0.29) is 21.1 Å². The molecule has 7 rings (SSSR count). The molecule has 0 radical (unpaired) electrons. The van der Waals surface area contributed by atoms with Crippen molar-refractivity contribution in [1.29, 1.82) is 0 Å². The Labute approximate surface area is 271 Å². The van der Waals surface area contributed by atoms with Gasteiger partial charge in [-0.25, -0.2) is 4.98 Å². The van der Waals surface area contributed by atoms with E-state index in [1.54, 1.807) is 11.8 Å². The van der Waals surface area contributed by atoms with Gasteiger partial charge in [0, 0.05) is 24.6 Å². The number of aromatic nitrogens is 4. The molecule has 0 aliphatic carbocycles. The summed E-state index contributed by atoms with van der Waals surface area (Å²) in [5.41, 5.74) is 9.75. The Hall–Kier alpha value is -3.86. The van der Waals surface area contributed by atoms with Gasteiger partial charge in [-0.05, 0) is 48.7 Å². The van der Waals surface area contributed by atoms with E-state index < -0.39 is 0 Å². The number of nitrogens with zero attached hydrogens (tertiary/aromatic N) is 5. The molecule has 7 heteroatoms. The molecule has 43 heavy (non-hydrogen) atoms. The number of benzene rings is 4. The molecule has 0 amide bonds. The molecule has 8 bridgehead atoms. The van der Waals surface area contributed by atoms with Gasteiger partial charge in [0.25, 0.3) is 0 Å². The zero-order valence-corrected chi connectivity index (χ0v) is 27.4. The van der Waals surface area contributed by atoms with Gasteiger partial charge in [0.1, 0.15) is 0 Å². The smallest absolute Gasteiger partial charge is 0.320 e. The number of hydrogen-bond donors (Lipinski definition) is 0. The predicted molar refractivity (Wildman–Crippen MR) is 170 cm³/mol. The van der Waals surface area contributed by atoms with Crippen LogP contribution >= 0.6 is 11.8 Å². The van der Waals surface area contributed by atoms with Gasteiger partial charge in [-0.3, -0.25) is 4.98 Å². The summed E-state index contributed by atoms with van der Waals surface area (Å²) >= 11 is 1.64. The third-order valence-electron chi connectivity index (χ3n) is 7.69. The minimum absolute atomic E-state index is 0. The topological polar surface area (TPSA) is 38.9 Å². The van der Waals surface area contributed by atoms with Gasteiger partial charge in [-0.1, -0.05) is 72.6 Å². The molecule has 6 aromatic rings. The van der Waals surface area contributed by atoms with Gasteiger partial charge >= 0.3 is 21.1 Å². The van der Waals surface area contributed by atoms with Gasteiger partial charge in [0.05, 0.1) is 11.4 Å². The number of para-hydroxylation sites is 2. The van der Waals surface area contributed by atoms with Crippen LogP contribution < -0.4 is 4.90 Å². The summed E-state index contributed by atoms with van der Waals surface area (Å²) in [6.07, 6.45) is 6.85. The summed E-state index contributed by atoms with van der Waals surface area (Å²) in [5, 5.41) is 0.910. The van der Waals surface area contributed by atoms with Crippen molar-refractivity contribution in [3.05, 3.63) is 132 Å². The van der Waals surface area contributed by atoms with Crippen LogP contribution in [0.2, 0.25) is 0 Å². The molecule has 0 saturated heterocycles. The Morgan fingerprint density at radius 3 is 2.30 bits per heavy atom. The molecule has 1 aliphatic rings.